The predicted molar refractivity (Wildman–Crippen MR) is 125 cm³/mol. The molecule has 1 aliphatic rings. The molecule has 4 rings (SSSR count). The summed E-state index contributed by atoms with van der Waals surface area (Å²) in [5.41, 5.74) is 1.39. The van der Waals surface area contributed by atoms with E-state index in [0.29, 0.717) is 30.0 Å². The summed E-state index contributed by atoms with van der Waals surface area (Å²) in [5, 5.41) is 17.7. The molecule has 3 heterocycles. The van der Waals surface area contributed by atoms with Crippen molar-refractivity contribution in [2.24, 2.45) is 0 Å². The number of nitriles is 1. The Balaban J connectivity index is 1.68. The molecule has 1 N–H and O–H groups in total. The Bertz CT molecular complexity index is 1380. The maximum absolute atomic E-state index is 13.8. The van der Waals surface area contributed by atoms with Crippen molar-refractivity contribution in [3.8, 4) is 11.8 Å². The molecular formula is C25H23F3N6O. The summed E-state index contributed by atoms with van der Waals surface area (Å²) in [6.07, 6.45) is -0.702. The van der Waals surface area contributed by atoms with E-state index in [2.05, 4.69) is 22.0 Å². The number of aryl methyl sites for hydroxylation is 1. The van der Waals surface area contributed by atoms with Gasteiger partial charge in [-0.2, -0.15) is 23.5 Å². The monoisotopic (exact) mass is 480 g/mol. The van der Waals surface area contributed by atoms with Crippen LogP contribution in [0.15, 0.2) is 72.4 Å². The van der Waals surface area contributed by atoms with Crippen LogP contribution in [-0.2, 0) is 13.1 Å². The first kappa shape index (κ1) is 24.0. The summed E-state index contributed by atoms with van der Waals surface area (Å²) in [5.74, 6) is -0.299. The van der Waals surface area contributed by atoms with Crippen LogP contribution in [0.2, 0.25) is 0 Å². The molecule has 0 bridgehead atoms. The molecule has 0 saturated heterocycles. The van der Waals surface area contributed by atoms with E-state index in [1.807, 2.05) is 19.2 Å². The number of pyridine rings is 1. The molecule has 10 heteroatoms. The zero-order valence-corrected chi connectivity index (χ0v) is 19.2. The second kappa shape index (κ2) is 9.64. The maximum atomic E-state index is 13.8. The average Bonchev–Trinajstić information content (AvgIpc) is 3.16. The summed E-state index contributed by atoms with van der Waals surface area (Å²) in [7, 11) is 1.84. The Morgan fingerprint density at radius 3 is 2.77 bits per heavy atom. The van der Waals surface area contributed by atoms with Gasteiger partial charge in [-0.3, -0.25) is 0 Å². The molecule has 0 unspecified atom stereocenters. The lowest BCUT2D eigenvalue weighted by molar-refractivity contribution is -0.0909. The standard InChI is InChI=1S/C25H23F3N6O/c1-16-11-18(14-29)13-19(12-16)35-23-17(2)33(9-6-21(23)25(26,27)28)15-22-20-5-4-7-31-24(20)34(32-22)10-8-30-3/h4-7,9,11-13,30H,2,8,10,15H2,1,3H3. The first-order valence-corrected chi connectivity index (χ1v) is 10.8. The molecule has 0 spiro atoms. The van der Waals surface area contributed by atoms with Gasteiger partial charge in [0.05, 0.1) is 36.1 Å². The lowest BCUT2D eigenvalue weighted by atomic mass is 10.1. The summed E-state index contributed by atoms with van der Waals surface area (Å²) in [6.45, 7) is 7.07. The highest BCUT2D eigenvalue weighted by molar-refractivity contribution is 5.78. The molecule has 35 heavy (non-hydrogen) atoms. The number of nitrogens with one attached hydrogen (secondary N) is 1. The molecule has 0 fully saturated rings. The number of allylic oxidation sites excluding steroid dienone is 2. The van der Waals surface area contributed by atoms with E-state index >= 15 is 0 Å². The van der Waals surface area contributed by atoms with Crippen LogP contribution in [0, 0.1) is 18.3 Å². The van der Waals surface area contributed by atoms with E-state index in [1.165, 1.54) is 12.3 Å². The van der Waals surface area contributed by atoms with Crippen LogP contribution >= 0.6 is 0 Å². The number of nitrogens with zero attached hydrogens (tertiary/aromatic N) is 5. The zero-order valence-electron chi connectivity index (χ0n) is 19.2. The first-order chi connectivity index (χ1) is 16.7. The second-order valence-corrected chi connectivity index (χ2v) is 8.03. The molecule has 0 saturated carbocycles. The largest absolute Gasteiger partial charge is 0.454 e. The maximum Gasteiger partial charge on any atom is 0.420 e. The van der Waals surface area contributed by atoms with Crippen molar-refractivity contribution in [2.75, 3.05) is 13.6 Å². The minimum atomic E-state index is -4.66. The SMILES string of the molecule is C=C1C(Oc2cc(C)cc(C#N)c2)=C(C(F)(F)F)C=CN1Cc1nn(CCNC)c2ncccc12. The zero-order chi connectivity index (χ0) is 25.2. The highest BCUT2D eigenvalue weighted by Crippen LogP contribution is 2.38. The predicted octanol–water partition coefficient (Wildman–Crippen LogP) is 4.57. The van der Waals surface area contributed by atoms with E-state index in [4.69, 9.17) is 4.74 Å². The number of rotatable bonds is 7. The second-order valence-electron chi connectivity index (χ2n) is 8.03. The Morgan fingerprint density at radius 2 is 2.06 bits per heavy atom. The van der Waals surface area contributed by atoms with Crippen molar-refractivity contribution >= 4 is 11.0 Å². The number of likely N-dealkylation sites (N-methyl/N-ethyl adjacent to an activating group) is 1. The smallest absolute Gasteiger partial charge is 0.420 e. The van der Waals surface area contributed by atoms with Crippen LogP contribution < -0.4 is 10.1 Å². The summed E-state index contributed by atoms with van der Waals surface area (Å²) < 4.78 is 49.0. The lowest BCUT2D eigenvalue weighted by Crippen LogP contribution is -2.27. The van der Waals surface area contributed by atoms with Gasteiger partial charge in [-0.05, 0) is 55.9 Å². The number of benzene rings is 1. The molecule has 0 atom stereocenters. The van der Waals surface area contributed by atoms with Crippen LogP contribution in [-0.4, -0.2) is 39.4 Å². The molecule has 3 aromatic rings. The van der Waals surface area contributed by atoms with Gasteiger partial charge in [0.2, 0.25) is 0 Å². The molecule has 0 radical (unpaired) electrons. The fraction of sp³-hybridized carbons (Fsp3) is 0.240. The first-order valence-electron chi connectivity index (χ1n) is 10.8. The van der Waals surface area contributed by atoms with E-state index in [1.54, 1.807) is 40.9 Å². The van der Waals surface area contributed by atoms with Gasteiger partial charge in [0, 0.05) is 24.3 Å². The molecular weight excluding hydrogens is 457 g/mol. The van der Waals surface area contributed by atoms with E-state index in [9.17, 15) is 18.4 Å². The van der Waals surface area contributed by atoms with E-state index in [0.717, 1.165) is 11.5 Å². The van der Waals surface area contributed by atoms with Gasteiger partial charge in [-0.1, -0.05) is 6.58 Å². The fourth-order valence-electron chi connectivity index (χ4n) is 3.82. The van der Waals surface area contributed by atoms with Crippen LogP contribution in [0.3, 0.4) is 0 Å². The highest BCUT2D eigenvalue weighted by Gasteiger charge is 2.39. The number of halogens is 3. The number of fused-ring (bicyclic) bond motifs is 1. The minimum absolute atomic E-state index is 0.0293. The van der Waals surface area contributed by atoms with Crippen molar-refractivity contribution in [1.29, 1.82) is 5.26 Å². The third-order valence-electron chi connectivity index (χ3n) is 5.46. The van der Waals surface area contributed by atoms with Crippen molar-refractivity contribution in [3.63, 3.8) is 0 Å². The van der Waals surface area contributed by atoms with Crippen molar-refractivity contribution < 1.29 is 17.9 Å². The third-order valence-corrected chi connectivity index (χ3v) is 5.46. The Labute approximate surface area is 200 Å². The molecule has 2 aromatic heterocycles. The summed E-state index contributed by atoms with van der Waals surface area (Å²) in [6, 6.07) is 10.2. The van der Waals surface area contributed by atoms with Crippen molar-refractivity contribution in [2.45, 2.75) is 26.2 Å². The number of aromatic nitrogens is 3. The quantitative estimate of drug-likeness (QED) is 0.534. The minimum Gasteiger partial charge on any atom is -0.454 e. The van der Waals surface area contributed by atoms with E-state index in [-0.39, 0.29) is 23.6 Å². The van der Waals surface area contributed by atoms with E-state index < -0.39 is 17.5 Å². The molecule has 7 nitrogen and oxygen atoms in total. The van der Waals surface area contributed by atoms with Gasteiger partial charge in [0.25, 0.3) is 0 Å². The van der Waals surface area contributed by atoms with Gasteiger partial charge in [-0.25, -0.2) is 9.67 Å². The Hall–Kier alpha value is -4.10. The Morgan fingerprint density at radius 1 is 1.26 bits per heavy atom. The van der Waals surface area contributed by atoms with Crippen molar-refractivity contribution in [1.82, 2.24) is 25.0 Å². The van der Waals surface area contributed by atoms with Crippen molar-refractivity contribution in [3.05, 3.63) is 89.2 Å². The average molecular weight is 480 g/mol. The van der Waals surface area contributed by atoms with Gasteiger partial charge in [0.15, 0.2) is 11.4 Å². The fourth-order valence-corrected chi connectivity index (χ4v) is 3.82. The van der Waals surface area contributed by atoms with Gasteiger partial charge >= 0.3 is 6.18 Å². The van der Waals surface area contributed by atoms with Crippen LogP contribution in [0.4, 0.5) is 13.2 Å². The van der Waals surface area contributed by atoms with Crippen LogP contribution in [0.5, 0.6) is 5.75 Å². The summed E-state index contributed by atoms with van der Waals surface area (Å²) in [4.78, 5) is 5.97. The summed E-state index contributed by atoms with van der Waals surface area (Å²) >= 11 is 0. The molecule has 0 amide bonds. The number of alkyl halides is 3. The van der Waals surface area contributed by atoms with Crippen LogP contribution in [0.1, 0.15) is 16.8 Å². The molecule has 1 aliphatic heterocycles. The number of hydrogen-bond acceptors (Lipinski definition) is 6. The van der Waals surface area contributed by atoms with Gasteiger partial charge in [-0.15, -0.1) is 0 Å². The number of ether oxygens (including phenoxy) is 1. The molecule has 0 aliphatic carbocycles. The molecule has 180 valence electrons. The van der Waals surface area contributed by atoms with Gasteiger partial charge < -0.3 is 15.0 Å². The number of hydrogen-bond donors (Lipinski definition) is 1. The lowest BCUT2D eigenvalue weighted by Gasteiger charge is -2.29. The third kappa shape index (κ3) is 5.05. The Kier molecular flexibility index (Phi) is 6.62. The topological polar surface area (TPSA) is 79.0 Å². The highest BCUT2D eigenvalue weighted by atomic mass is 19.4. The van der Waals surface area contributed by atoms with Gasteiger partial charge in [0.1, 0.15) is 11.3 Å². The molecule has 1 aromatic carbocycles. The normalized spacial score (nSPS) is 14.1. The van der Waals surface area contributed by atoms with Crippen LogP contribution in [0.25, 0.3) is 11.0 Å².